The van der Waals surface area contributed by atoms with E-state index in [-0.39, 0.29) is 24.7 Å². The van der Waals surface area contributed by atoms with Crippen LogP contribution in [-0.4, -0.2) is 31.7 Å². The summed E-state index contributed by atoms with van der Waals surface area (Å²) in [4.78, 5) is 23.8. The second-order valence-electron chi connectivity index (χ2n) is 6.03. The van der Waals surface area contributed by atoms with Crippen molar-refractivity contribution in [2.45, 2.75) is 26.7 Å². The average molecular weight is 383 g/mol. The lowest BCUT2D eigenvalue weighted by Crippen LogP contribution is -2.20. The number of hydrogen-bond donors (Lipinski definition) is 2. The third-order valence-electron chi connectivity index (χ3n) is 3.86. The molecule has 7 nitrogen and oxygen atoms in total. The molecule has 7 heteroatoms. The van der Waals surface area contributed by atoms with Gasteiger partial charge in [0.25, 0.3) is 0 Å². The molecule has 2 aromatic rings. The van der Waals surface area contributed by atoms with Crippen molar-refractivity contribution in [2.75, 3.05) is 19.0 Å². The summed E-state index contributed by atoms with van der Waals surface area (Å²) in [5.41, 5.74) is 4.89. The molecule has 0 aliphatic heterocycles. The van der Waals surface area contributed by atoms with Gasteiger partial charge >= 0.3 is 0 Å². The third kappa shape index (κ3) is 6.75. The number of nitrogens with one attached hydrogen (secondary N) is 2. The van der Waals surface area contributed by atoms with E-state index >= 15 is 0 Å². The molecule has 0 unspecified atom stereocenters. The molecule has 2 rings (SSSR count). The number of nitrogens with zero attached hydrogens (tertiary/aromatic N) is 1. The van der Waals surface area contributed by atoms with Crippen LogP contribution >= 0.6 is 0 Å². The number of ether oxygens (including phenoxy) is 2. The van der Waals surface area contributed by atoms with Crippen molar-refractivity contribution in [1.29, 1.82) is 0 Å². The number of carbonyl (C=O) groups excluding carboxylic acids is 2. The van der Waals surface area contributed by atoms with Crippen LogP contribution in [0.5, 0.6) is 11.5 Å². The number of anilines is 1. The van der Waals surface area contributed by atoms with Crippen molar-refractivity contribution >= 4 is 23.7 Å². The highest BCUT2D eigenvalue weighted by atomic mass is 16.5. The molecule has 0 radical (unpaired) electrons. The Bertz CT molecular complexity index is 832. The van der Waals surface area contributed by atoms with Gasteiger partial charge in [-0.15, -0.1) is 0 Å². The van der Waals surface area contributed by atoms with Crippen LogP contribution in [0.4, 0.5) is 5.69 Å². The Hall–Kier alpha value is -3.35. The minimum atomic E-state index is -0.336. The summed E-state index contributed by atoms with van der Waals surface area (Å²) in [5, 5.41) is 6.65. The molecule has 0 saturated heterocycles. The van der Waals surface area contributed by atoms with Gasteiger partial charge in [0.2, 0.25) is 11.8 Å². The highest BCUT2D eigenvalue weighted by molar-refractivity contribution is 5.93. The van der Waals surface area contributed by atoms with Crippen LogP contribution in [0.3, 0.4) is 0 Å². The van der Waals surface area contributed by atoms with Crippen LogP contribution in [0, 0.1) is 6.92 Å². The second-order valence-corrected chi connectivity index (χ2v) is 6.03. The van der Waals surface area contributed by atoms with E-state index in [9.17, 15) is 9.59 Å². The van der Waals surface area contributed by atoms with Crippen molar-refractivity contribution in [3.8, 4) is 11.5 Å². The monoisotopic (exact) mass is 383 g/mol. The van der Waals surface area contributed by atoms with E-state index in [1.54, 1.807) is 31.4 Å². The highest BCUT2D eigenvalue weighted by Gasteiger charge is 2.07. The third-order valence-corrected chi connectivity index (χ3v) is 3.86. The Kier molecular flexibility index (Phi) is 8.02. The number of amides is 2. The van der Waals surface area contributed by atoms with Gasteiger partial charge in [-0.2, -0.15) is 5.10 Å². The molecule has 2 amide bonds. The van der Waals surface area contributed by atoms with E-state index in [1.807, 2.05) is 32.0 Å². The maximum absolute atomic E-state index is 12.0. The Morgan fingerprint density at radius 2 is 1.79 bits per heavy atom. The van der Waals surface area contributed by atoms with Gasteiger partial charge in [-0.3, -0.25) is 9.59 Å². The van der Waals surface area contributed by atoms with E-state index in [4.69, 9.17) is 9.47 Å². The zero-order valence-corrected chi connectivity index (χ0v) is 16.3. The summed E-state index contributed by atoms with van der Waals surface area (Å²) in [7, 11) is 1.60. The van der Waals surface area contributed by atoms with Crippen LogP contribution < -0.4 is 20.2 Å². The Morgan fingerprint density at radius 1 is 1.07 bits per heavy atom. The largest absolute Gasteiger partial charge is 0.496 e. The lowest BCUT2D eigenvalue weighted by molar-refractivity contribution is -0.124. The Labute approximate surface area is 164 Å². The van der Waals surface area contributed by atoms with Gasteiger partial charge in [-0.25, -0.2) is 5.43 Å². The fraction of sp³-hybridized carbons (Fsp3) is 0.286. The molecule has 148 valence electrons. The molecule has 2 N–H and O–H groups in total. The lowest BCUT2D eigenvalue weighted by Gasteiger charge is -2.07. The number of rotatable bonds is 9. The first-order chi connectivity index (χ1) is 13.5. The number of carbonyl (C=O) groups is 2. The molecule has 0 aliphatic carbocycles. The van der Waals surface area contributed by atoms with Crippen LogP contribution in [0.2, 0.25) is 0 Å². The minimum Gasteiger partial charge on any atom is -0.496 e. The molecule has 0 heterocycles. The van der Waals surface area contributed by atoms with Gasteiger partial charge in [0.15, 0.2) is 0 Å². The molecule has 0 fully saturated rings. The predicted octanol–water partition coefficient (Wildman–Crippen LogP) is 3.27. The number of aryl methyl sites for hydroxylation is 1. The number of hydrazone groups is 1. The van der Waals surface area contributed by atoms with E-state index in [0.717, 1.165) is 22.6 Å². The first-order valence-electron chi connectivity index (χ1n) is 9.01. The second kappa shape index (κ2) is 10.7. The number of methoxy groups -OCH3 is 1. The SMILES string of the molecule is CCOc1ccc(NC(=O)CCC(=O)NN=Cc2ccc(C)c(OC)c2)cc1. The van der Waals surface area contributed by atoms with Crippen molar-refractivity contribution in [3.05, 3.63) is 53.6 Å². The highest BCUT2D eigenvalue weighted by Crippen LogP contribution is 2.18. The first kappa shape index (κ1) is 21.0. The molecule has 2 aromatic carbocycles. The Morgan fingerprint density at radius 3 is 2.46 bits per heavy atom. The topological polar surface area (TPSA) is 89.0 Å². The van der Waals surface area contributed by atoms with E-state index in [1.165, 1.54) is 6.21 Å². The summed E-state index contributed by atoms with van der Waals surface area (Å²) < 4.78 is 10.6. The maximum atomic E-state index is 12.0. The first-order valence-corrected chi connectivity index (χ1v) is 9.01. The molecular weight excluding hydrogens is 358 g/mol. The molecule has 0 bridgehead atoms. The maximum Gasteiger partial charge on any atom is 0.240 e. The van der Waals surface area contributed by atoms with E-state index in [0.29, 0.717) is 12.3 Å². The van der Waals surface area contributed by atoms with Gasteiger partial charge in [0, 0.05) is 18.5 Å². The molecular formula is C21H25N3O4. The van der Waals surface area contributed by atoms with Crippen molar-refractivity contribution in [2.24, 2.45) is 5.10 Å². The van der Waals surface area contributed by atoms with Crippen molar-refractivity contribution < 1.29 is 19.1 Å². The fourth-order valence-electron chi connectivity index (χ4n) is 2.40. The average Bonchev–Trinajstić information content (AvgIpc) is 2.69. The summed E-state index contributed by atoms with van der Waals surface area (Å²) in [5.74, 6) is 0.911. The normalized spacial score (nSPS) is 10.5. The molecule has 0 spiro atoms. The Balaban J connectivity index is 1.74. The van der Waals surface area contributed by atoms with Crippen LogP contribution in [0.25, 0.3) is 0 Å². The fourth-order valence-corrected chi connectivity index (χ4v) is 2.40. The van der Waals surface area contributed by atoms with Crippen LogP contribution in [0.15, 0.2) is 47.6 Å². The molecule has 0 aromatic heterocycles. The molecule has 0 aliphatic rings. The number of hydrogen-bond acceptors (Lipinski definition) is 5. The van der Waals surface area contributed by atoms with Crippen LogP contribution in [-0.2, 0) is 9.59 Å². The zero-order chi connectivity index (χ0) is 20.4. The predicted molar refractivity (Wildman–Crippen MR) is 109 cm³/mol. The van der Waals surface area contributed by atoms with Gasteiger partial charge in [-0.05, 0) is 55.3 Å². The summed E-state index contributed by atoms with van der Waals surface area (Å²) in [6.07, 6.45) is 1.63. The van der Waals surface area contributed by atoms with Crippen molar-refractivity contribution in [3.63, 3.8) is 0 Å². The summed E-state index contributed by atoms with van der Waals surface area (Å²) in [6, 6.07) is 12.7. The summed E-state index contributed by atoms with van der Waals surface area (Å²) in [6.45, 7) is 4.43. The molecule has 0 atom stereocenters. The van der Waals surface area contributed by atoms with Gasteiger partial charge in [0.1, 0.15) is 11.5 Å². The lowest BCUT2D eigenvalue weighted by atomic mass is 10.1. The standard InChI is InChI=1S/C21H25N3O4/c1-4-28-18-9-7-17(8-10-18)23-20(25)11-12-21(26)24-22-14-16-6-5-15(2)19(13-16)27-3/h5-10,13-14H,4,11-12H2,1-3H3,(H,23,25)(H,24,26). The molecule has 0 saturated carbocycles. The summed E-state index contributed by atoms with van der Waals surface area (Å²) >= 11 is 0. The molecule has 28 heavy (non-hydrogen) atoms. The minimum absolute atomic E-state index is 0.0391. The smallest absolute Gasteiger partial charge is 0.240 e. The van der Waals surface area contributed by atoms with Gasteiger partial charge in [0.05, 0.1) is 19.9 Å². The van der Waals surface area contributed by atoms with Crippen LogP contribution in [0.1, 0.15) is 30.9 Å². The zero-order valence-electron chi connectivity index (χ0n) is 16.3. The van der Waals surface area contributed by atoms with E-state index in [2.05, 4.69) is 15.8 Å². The van der Waals surface area contributed by atoms with Gasteiger partial charge < -0.3 is 14.8 Å². The van der Waals surface area contributed by atoms with E-state index < -0.39 is 0 Å². The van der Waals surface area contributed by atoms with Gasteiger partial charge in [-0.1, -0.05) is 12.1 Å². The number of benzene rings is 2. The van der Waals surface area contributed by atoms with Crippen molar-refractivity contribution in [1.82, 2.24) is 5.43 Å². The quantitative estimate of drug-likeness (QED) is 0.514.